The first-order chi connectivity index (χ1) is 8.13. The number of piperidine rings is 1. The minimum atomic E-state index is 0.232. The fraction of sp³-hybridized carbons (Fsp3) is 0.929. The van der Waals surface area contributed by atoms with Gasteiger partial charge < -0.3 is 9.80 Å². The molecule has 0 saturated carbocycles. The van der Waals surface area contributed by atoms with Crippen LogP contribution in [0.3, 0.4) is 0 Å². The van der Waals surface area contributed by atoms with Gasteiger partial charge in [-0.05, 0) is 45.3 Å². The van der Waals surface area contributed by atoms with E-state index in [1.165, 1.54) is 25.9 Å². The Hall–Kier alpha value is -0.570. The summed E-state index contributed by atoms with van der Waals surface area (Å²) in [5.74, 6) is 0.951. The molecule has 1 rings (SSSR count). The first-order valence-corrected chi connectivity index (χ1v) is 7.07. The highest BCUT2D eigenvalue weighted by Crippen LogP contribution is 2.17. The fourth-order valence-electron chi connectivity index (χ4n) is 2.20. The van der Waals surface area contributed by atoms with Gasteiger partial charge in [-0.2, -0.15) is 0 Å². The highest BCUT2D eigenvalue weighted by atomic mass is 16.2. The van der Waals surface area contributed by atoms with Crippen molar-refractivity contribution in [2.24, 2.45) is 5.92 Å². The maximum Gasteiger partial charge on any atom is 0.219 e. The molecule has 1 aliphatic rings. The summed E-state index contributed by atoms with van der Waals surface area (Å²) in [4.78, 5) is 15.8. The van der Waals surface area contributed by atoms with E-state index in [1.807, 2.05) is 18.7 Å². The average Bonchev–Trinajstić information content (AvgIpc) is 2.34. The SMILES string of the molecule is CC.CCCN(CC1CCN(C)CC1)C(C)=O. The minimum absolute atomic E-state index is 0.232. The predicted octanol–water partition coefficient (Wildman–Crippen LogP) is 2.61. The zero-order valence-electron chi connectivity index (χ0n) is 12.3. The monoisotopic (exact) mass is 242 g/mol. The van der Waals surface area contributed by atoms with E-state index >= 15 is 0 Å². The van der Waals surface area contributed by atoms with Crippen LogP contribution in [0.5, 0.6) is 0 Å². The van der Waals surface area contributed by atoms with Gasteiger partial charge in [0.05, 0.1) is 0 Å². The lowest BCUT2D eigenvalue weighted by atomic mass is 9.96. The Labute approximate surface area is 107 Å². The summed E-state index contributed by atoms with van der Waals surface area (Å²) in [6, 6.07) is 0. The predicted molar refractivity (Wildman–Crippen MR) is 74.1 cm³/mol. The molecule has 0 radical (unpaired) electrons. The van der Waals surface area contributed by atoms with Gasteiger partial charge in [-0.15, -0.1) is 0 Å². The van der Waals surface area contributed by atoms with Gasteiger partial charge in [0.15, 0.2) is 0 Å². The second-order valence-electron chi connectivity index (χ2n) is 4.71. The van der Waals surface area contributed by atoms with Crippen LogP contribution in [0.15, 0.2) is 0 Å². The molecule has 0 aromatic rings. The Morgan fingerprint density at radius 2 is 1.82 bits per heavy atom. The summed E-state index contributed by atoms with van der Waals surface area (Å²) in [5, 5.41) is 0. The van der Waals surface area contributed by atoms with Crippen LogP contribution in [-0.4, -0.2) is 48.9 Å². The number of carbonyl (C=O) groups is 1. The average molecular weight is 242 g/mol. The van der Waals surface area contributed by atoms with Crippen molar-refractivity contribution in [3.63, 3.8) is 0 Å². The molecule has 17 heavy (non-hydrogen) atoms. The van der Waals surface area contributed by atoms with Gasteiger partial charge in [0.1, 0.15) is 0 Å². The summed E-state index contributed by atoms with van der Waals surface area (Å²) in [7, 11) is 2.17. The molecule has 1 aliphatic heterocycles. The smallest absolute Gasteiger partial charge is 0.219 e. The van der Waals surface area contributed by atoms with Gasteiger partial charge in [-0.25, -0.2) is 0 Å². The first-order valence-electron chi connectivity index (χ1n) is 7.07. The Morgan fingerprint density at radius 3 is 2.24 bits per heavy atom. The fourth-order valence-corrected chi connectivity index (χ4v) is 2.20. The van der Waals surface area contributed by atoms with E-state index in [2.05, 4.69) is 18.9 Å². The molecule has 0 aliphatic carbocycles. The molecule has 1 amide bonds. The molecule has 3 heteroatoms. The maximum absolute atomic E-state index is 11.4. The molecule has 0 unspecified atom stereocenters. The van der Waals surface area contributed by atoms with E-state index < -0.39 is 0 Å². The van der Waals surface area contributed by atoms with Crippen LogP contribution in [-0.2, 0) is 4.79 Å². The van der Waals surface area contributed by atoms with Crippen LogP contribution >= 0.6 is 0 Å². The van der Waals surface area contributed by atoms with Gasteiger partial charge in [-0.3, -0.25) is 4.79 Å². The lowest BCUT2D eigenvalue weighted by molar-refractivity contribution is -0.129. The van der Waals surface area contributed by atoms with Crippen LogP contribution < -0.4 is 0 Å². The molecule has 0 N–H and O–H groups in total. The normalized spacial score (nSPS) is 17.2. The molecule has 3 nitrogen and oxygen atoms in total. The van der Waals surface area contributed by atoms with Crippen molar-refractivity contribution in [2.45, 2.75) is 47.0 Å². The number of nitrogens with zero attached hydrogens (tertiary/aromatic N) is 2. The topological polar surface area (TPSA) is 23.6 Å². The molecule has 1 fully saturated rings. The second kappa shape index (κ2) is 9.46. The van der Waals surface area contributed by atoms with Crippen LogP contribution in [0.25, 0.3) is 0 Å². The molecule has 0 atom stereocenters. The van der Waals surface area contributed by atoms with Crippen molar-refractivity contribution in [3.8, 4) is 0 Å². The van der Waals surface area contributed by atoms with Crippen molar-refractivity contribution in [1.82, 2.24) is 9.80 Å². The Bertz CT molecular complexity index is 198. The first kappa shape index (κ1) is 16.4. The molecule has 1 saturated heterocycles. The number of amides is 1. The van der Waals surface area contributed by atoms with Gasteiger partial charge >= 0.3 is 0 Å². The Balaban J connectivity index is 0.00000121. The highest BCUT2D eigenvalue weighted by Gasteiger charge is 2.20. The Kier molecular flexibility index (Phi) is 9.14. The zero-order valence-corrected chi connectivity index (χ0v) is 12.3. The van der Waals surface area contributed by atoms with E-state index in [0.717, 1.165) is 25.4 Å². The largest absolute Gasteiger partial charge is 0.343 e. The second-order valence-corrected chi connectivity index (χ2v) is 4.71. The molecular weight excluding hydrogens is 212 g/mol. The molecule has 0 spiro atoms. The highest BCUT2D eigenvalue weighted by molar-refractivity contribution is 5.73. The summed E-state index contributed by atoms with van der Waals surface area (Å²) in [6.07, 6.45) is 3.54. The van der Waals surface area contributed by atoms with Gasteiger partial charge in [0.2, 0.25) is 5.91 Å². The van der Waals surface area contributed by atoms with Crippen molar-refractivity contribution in [3.05, 3.63) is 0 Å². The standard InChI is InChI=1S/C12H24N2O.C2H6/c1-4-7-14(11(2)15)10-12-5-8-13(3)9-6-12;1-2/h12H,4-10H2,1-3H3;1-2H3. The summed E-state index contributed by atoms with van der Waals surface area (Å²) >= 11 is 0. The van der Waals surface area contributed by atoms with Crippen LogP contribution in [0.1, 0.15) is 47.0 Å². The van der Waals surface area contributed by atoms with Gasteiger partial charge in [0, 0.05) is 20.0 Å². The summed E-state index contributed by atoms with van der Waals surface area (Å²) in [5.41, 5.74) is 0. The number of likely N-dealkylation sites (tertiary alicyclic amines) is 1. The molecule has 0 aromatic carbocycles. The molecular formula is C14H30N2O. The molecule has 0 bridgehead atoms. The summed E-state index contributed by atoms with van der Waals surface area (Å²) in [6.45, 7) is 12.1. The molecule has 102 valence electrons. The van der Waals surface area contributed by atoms with Crippen molar-refractivity contribution in [2.75, 3.05) is 33.2 Å². The summed E-state index contributed by atoms with van der Waals surface area (Å²) < 4.78 is 0. The number of carbonyl (C=O) groups excluding carboxylic acids is 1. The maximum atomic E-state index is 11.4. The lowest BCUT2D eigenvalue weighted by Crippen LogP contribution is -2.39. The van der Waals surface area contributed by atoms with Crippen LogP contribution in [0.4, 0.5) is 0 Å². The van der Waals surface area contributed by atoms with Gasteiger partial charge in [0.25, 0.3) is 0 Å². The third-order valence-electron chi connectivity index (χ3n) is 3.26. The quantitative estimate of drug-likeness (QED) is 0.756. The van der Waals surface area contributed by atoms with E-state index in [-0.39, 0.29) is 5.91 Å². The number of hydrogen-bond acceptors (Lipinski definition) is 2. The van der Waals surface area contributed by atoms with Crippen molar-refractivity contribution >= 4 is 5.91 Å². The number of hydrogen-bond donors (Lipinski definition) is 0. The molecule has 1 heterocycles. The lowest BCUT2D eigenvalue weighted by Gasteiger charge is -2.32. The van der Waals surface area contributed by atoms with E-state index in [4.69, 9.17) is 0 Å². The van der Waals surface area contributed by atoms with E-state index in [9.17, 15) is 4.79 Å². The van der Waals surface area contributed by atoms with E-state index in [1.54, 1.807) is 6.92 Å². The number of rotatable bonds is 4. The van der Waals surface area contributed by atoms with Crippen molar-refractivity contribution < 1.29 is 4.79 Å². The van der Waals surface area contributed by atoms with E-state index in [0.29, 0.717) is 0 Å². The van der Waals surface area contributed by atoms with Crippen LogP contribution in [0, 0.1) is 5.92 Å². The molecule has 0 aromatic heterocycles. The van der Waals surface area contributed by atoms with Gasteiger partial charge in [-0.1, -0.05) is 20.8 Å². The van der Waals surface area contributed by atoms with Crippen molar-refractivity contribution in [1.29, 1.82) is 0 Å². The third-order valence-corrected chi connectivity index (χ3v) is 3.26. The minimum Gasteiger partial charge on any atom is -0.343 e. The Morgan fingerprint density at radius 1 is 1.29 bits per heavy atom. The van der Waals surface area contributed by atoms with Crippen LogP contribution in [0.2, 0.25) is 0 Å². The third kappa shape index (κ3) is 6.67. The zero-order chi connectivity index (χ0) is 13.3.